The molecule has 0 unspecified atom stereocenters. The monoisotopic (exact) mass is 305 g/mol. The Morgan fingerprint density at radius 2 is 2.05 bits per heavy atom. The Balaban J connectivity index is 1.69. The number of carbonyl (C=O) groups is 2. The maximum Gasteiger partial charge on any atom is 0.309 e. The summed E-state index contributed by atoms with van der Waals surface area (Å²) in [6.45, 7) is 4.16. The molecule has 6 nitrogen and oxygen atoms in total. The van der Waals surface area contributed by atoms with Crippen LogP contribution in [0.4, 0.5) is 0 Å². The summed E-state index contributed by atoms with van der Waals surface area (Å²) in [4.78, 5) is 23.9. The first-order valence-electron chi connectivity index (χ1n) is 7.67. The molecule has 22 heavy (non-hydrogen) atoms. The van der Waals surface area contributed by atoms with Crippen LogP contribution in [0.2, 0.25) is 0 Å². The molecule has 2 rings (SSSR count). The van der Waals surface area contributed by atoms with E-state index in [1.165, 1.54) is 31.5 Å². The van der Waals surface area contributed by atoms with E-state index in [0.717, 1.165) is 12.3 Å². The lowest BCUT2D eigenvalue weighted by atomic mass is 10.2. The van der Waals surface area contributed by atoms with Gasteiger partial charge in [0.05, 0.1) is 6.61 Å². The number of benzene rings is 1. The molecule has 0 radical (unpaired) electrons. The van der Waals surface area contributed by atoms with Gasteiger partial charge in [0.2, 0.25) is 0 Å². The Hall–Kier alpha value is -2.08. The van der Waals surface area contributed by atoms with E-state index in [1.54, 1.807) is 0 Å². The smallest absolute Gasteiger partial charge is 0.309 e. The molecule has 1 aliphatic rings. The Labute approximate surface area is 130 Å². The Morgan fingerprint density at radius 1 is 1.27 bits per heavy atom. The predicted molar refractivity (Wildman–Crippen MR) is 83.3 cm³/mol. The summed E-state index contributed by atoms with van der Waals surface area (Å²) in [7, 11) is 0. The fraction of sp³-hybridized carbons (Fsp3) is 0.500. The van der Waals surface area contributed by atoms with Gasteiger partial charge in [-0.15, -0.1) is 0 Å². The zero-order valence-electron chi connectivity index (χ0n) is 12.7. The first-order chi connectivity index (χ1) is 10.6. The third-order valence-electron chi connectivity index (χ3n) is 3.60. The van der Waals surface area contributed by atoms with E-state index >= 15 is 0 Å². The minimum Gasteiger partial charge on any atom is -0.494 e. The van der Waals surface area contributed by atoms with Gasteiger partial charge in [-0.2, -0.15) is 0 Å². The first-order valence-corrected chi connectivity index (χ1v) is 7.67. The zero-order chi connectivity index (χ0) is 15.8. The minimum absolute atomic E-state index is 0.370. The lowest BCUT2D eigenvalue weighted by Crippen LogP contribution is -2.36. The molecular weight excluding hydrogens is 282 g/mol. The van der Waals surface area contributed by atoms with Crippen LogP contribution in [0.1, 0.15) is 24.8 Å². The SMILES string of the molecule is NC(=O)C(=O)NCCCOc1cccc(CN2CCCC2)c1. The van der Waals surface area contributed by atoms with Crippen LogP contribution >= 0.6 is 0 Å². The van der Waals surface area contributed by atoms with Gasteiger partial charge in [0.15, 0.2) is 0 Å². The highest BCUT2D eigenvalue weighted by Gasteiger charge is 2.11. The molecule has 0 aliphatic carbocycles. The molecule has 0 spiro atoms. The van der Waals surface area contributed by atoms with Crippen LogP contribution in [-0.2, 0) is 16.1 Å². The molecule has 2 amide bonds. The summed E-state index contributed by atoms with van der Waals surface area (Å²) in [5, 5.41) is 2.43. The van der Waals surface area contributed by atoms with Crippen molar-refractivity contribution in [2.24, 2.45) is 5.73 Å². The number of nitrogens with zero attached hydrogens (tertiary/aromatic N) is 1. The predicted octanol–water partition coefficient (Wildman–Crippen LogP) is 0.653. The summed E-state index contributed by atoms with van der Waals surface area (Å²) >= 11 is 0. The number of primary amides is 1. The van der Waals surface area contributed by atoms with Crippen molar-refractivity contribution < 1.29 is 14.3 Å². The van der Waals surface area contributed by atoms with Crippen molar-refractivity contribution in [3.05, 3.63) is 29.8 Å². The molecule has 0 aromatic heterocycles. The molecule has 1 fully saturated rings. The summed E-state index contributed by atoms with van der Waals surface area (Å²) < 4.78 is 5.67. The molecule has 6 heteroatoms. The van der Waals surface area contributed by atoms with E-state index in [-0.39, 0.29) is 0 Å². The highest BCUT2D eigenvalue weighted by molar-refractivity contribution is 6.34. The molecule has 1 aliphatic heterocycles. The molecule has 0 bridgehead atoms. The molecule has 1 aromatic carbocycles. The van der Waals surface area contributed by atoms with Crippen molar-refractivity contribution in [2.45, 2.75) is 25.8 Å². The van der Waals surface area contributed by atoms with Gasteiger partial charge in [0.1, 0.15) is 5.75 Å². The summed E-state index contributed by atoms with van der Waals surface area (Å²) in [6.07, 6.45) is 3.19. The van der Waals surface area contributed by atoms with Crippen LogP contribution in [-0.4, -0.2) is 43.0 Å². The quantitative estimate of drug-likeness (QED) is 0.572. The van der Waals surface area contributed by atoms with Gasteiger partial charge in [-0.3, -0.25) is 14.5 Å². The Morgan fingerprint density at radius 3 is 2.77 bits per heavy atom. The molecule has 120 valence electrons. The van der Waals surface area contributed by atoms with Crippen LogP contribution in [0.15, 0.2) is 24.3 Å². The number of rotatable bonds is 7. The van der Waals surface area contributed by atoms with Crippen molar-refractivity contribution in [3.63, 3.8) is 0 Å². The van der Waals surface area contributed by atoms with Crippen molar-refractivity contribution in [1.82, 2.24) is 10.2 Å². The van der Waals surface area contributed by atoms with Crippen LogP contribution in [0.25, 0.3) is 0 Å². The fourth-order valence-electron chi connectivity index (χ4n) is 2.48. The molecular formula is C16H23N3O3. The van der Waals surface area contributed by atoms with Gasteiger partial charge < -0.3 is 15.8 Å². The van der Waals surface area contributed by atoms with E-state index < -0.39 is 11.8 Å². The maximum absolute atomic E-state index is 11.0. The molecule has 1 saturated heterocycles. The second-order valence-corrected chi connectivity index (χ2v) is 5.45. The van der Waals surface area contributed by atoms with Crippen LogP contribution < -0.4 is 15.8 Å². The molecule has 0 saturated carbocycles. The lowest BCUT2D eigenvalue weighted by Gasteiger charge is -2.15. The number of amides is 2. The van der Waals surface area contributed by atoms with Crippen LogP contribution in [0, 0.1) is 0 Å². The number of nitrogens with two attached hydrogens (primary N) is 1. The standard InChI is InChI=1S/C16H23N3O3/c17-15(20)16(21)18-7-4-10-22-14-6-3-5-13(11-14)12-19-8-1-2-9-19/h3,5-6,11H,1-2,4,7-10,12H2,(H2,17,20)(H,18,21). The molecule has 1 heterocycles. The van der Waals surface area contributed by atoms with Gasteiger partial charge in [0.25, 0.3) is 0 Å². The average molecular weight is 305 g/mol. The first kappa shape index (κ1) is 16.3. The van der Waals surface area contributed by atoms with E-state index in [2.05, 4.69) is 22.3 Å². The maximum atomic E-state index is 11.0. The van der Waals surface area contributed by atoms with Crippen LogP contribution in [0.3, 0.4) is 0 Å². The minimum atomic E-state index is -0.962. The molecule has 1 aromatic rings. The van der Waals surface area contributed by atoms with E-state index in [4.69, 9.17) is 10.5 Å². The summed E-state index contributed by atoms with van der Waals surface area (Å²) in [6, 6.07) is 8.09. The number of nitrogens with one attached hydrogen (secondary N) is 1. The molecule has 3 N–H and O–H groups in total. The highest BCUT2D eigenvalue weighted by Crippen LogP contribution is 2.17. The van der Waals surface area contributed by atoms with Crippen LogP contribution in [0.5, 0.6) is 5.75 Å². The number of likely N-dealkylation sites (tertiary alicyclic amines) is 1. The highest BCUT2D eigenvalue weighted by atomic mass is 16.5. The van der Waals surface area contributed by atoms with Crippen molar-refractivity contribution >= 4 is 11.8 Å². The van der Waals surface area contributed by atoms with Gasteiger partial charge in [0, 0.05) is 13.1 Å². The van der Waals surface area contributed by atoms with Crippen molar-refractivity contribution in [2.75, 3.05) is 26.2 Å². The van der Waals surface area contributed by atoms with Gasteiger partial charge in [-0.25, -0.2) is 0 Å². The van der Waals surface area contributed by atoms with E-state index in [1.807, 2.05) is 12.1 Å². The van der Waals surface area contributed by atoms with Crippen molar-refractivity contribution in [1.29, 1.82) is 0 Å². The summed E-state index contributed by atoms with van der Waals surface area (Å²) in [5.41, 5.74) is 6.09. The molecule has 0 atom stereocenters. The number of hydrogen-bond acceptors (Lipinski definition) is 4. The second-order valence-electron chi connectivity index (χ2n) is 5.45. The number of carbonyl (C=O) groups excluding carboxylic acids is 2. The van der Waals surface area contributed by atoms with Crippen molar-refractivity contribution in [3.8, 4) is 5.75 Å². The second kappa shape index (κ2) is 8.38. The van der Waals surface area contributed by atoms with Gasteiger partial charge in [-0.05, 0) is 50.0 Å². The third-order valence-corrected chi connectivity index (χ3v) is 3.60. The van der Waals surface area contributed by atoms with E-state index in [0.29, 0.717) is 19.6 Å². The Kier molecular flexibility index (Phi) is 6.21. The fourth-order valence-corrected chi connectivity index (χ4v) is 2.48. The van der Waals surface area contributed by atoms with Gasteiger partial charge >= 0.3 is 11.8 Å². The topological polar surface area (TPSA) is 84.7 Å². The summed E-state index contributed by atoms with van der Waals surface area (Å²) in [5.74, 6) is -0.888. The zero-order valence-corrected chi connectivity index (χ0v) is 12.7. The third kappa shape index (κ3) is 5.37. The normalized spacial score (nSPS) is 14.7. The lowest BCUT2D eigenvalue weighted by molar-refractivity contribution is -0.137. The van der Waals surface area contributed by atoms with E-state index in [9.17, 15) is 9.59 Å². The average Bonchev–Trinajstić information content (AvgIpc) is 3.00. The number of hydrogen-bond donors (Lipinski definition) is 2. The largest absolute Gasteiger partial charge is 0.494 e. The Bertz CT molecular complexity index is 513. The van der Waals surface area contributed by atoms with Gasteiger partial charge in [-0.1, -0.05) is 12.1 Å². The number of ether oxygens (including phenoxy) is 1.